The van der Waals surface area contributed by atoms with Crippen LogP contribution in [0.15, 0.2) is 23.6 Å². The second-order valence-electron chi connectivity index (χ2n) is 7.24. The predicted molar refractivity (Wildman–Crippen MR) is 89.9 cm³/mol. The molecule has 0 spiro atoms. The third-order valence-electron chi connectivity index (χ3n) is 5.60. The van der Waals surface area contributed by atoms with Crippen LogP contribution < -0.4 is 0 Å². The van der Waals surface area contributed by atoms with Gasteiger partial charge in [0.1, 0.15) is 0 Å². The monoisotopic (exact) mass is 292 g/mol. The molecule has 0 bridgehead atoms. The summed E-state index contributed by atoms with van der Waals surface area (Å²) in [4.78, 5) is 0. The molecule has 0 aromatic rings. The molecule has 120 valence electrons. The molecule has 0 aromatic heterocycles. The highest BCUT2D eigenvalue weighted by Gasteiger charge is 2.26. The SMILES string of the molecule is CCC=C1CCC(C2CCCC(/C=C(/C)F)CCC2)CC1. The van der Waals surface area contributed by atoms with Gasteiger partial charge in [-0.3, -0.25) is 0 Å². The van der Waals surface area contributed by atoms with Crippen molar-refractivity contribution >= 4 is 0 Å². The van der Waals surface area contributed by atoms with E-state index in [0.717, 1.165) is 11.8 Å². The maximum atomic E-state index is 13.0. The first-order chi connectivity index (χ1) is 10.2. The molecular formula is C20H33F. The van der Waals surface area contributed by atoms with Crippen LogP contribution in [-0.2, 0) is 0 Å². The zero-order valence-corrected chi connectivity index (χ0v) is 14.0. The molecule has 0 nitrogen and oxygen atoms in total. The lowest BCUT2D eigenvalue weighted by Gasteiger charge is -2.33. The van der Waals surface area contributed by atoms with E-state index >= 15 is 0 Å². The Balaban J connectivity index is 1.79. The highest BCUT2D eigenvalue weighted by Crippen LogP contribution is 2.39. The van der Waals surface area contributed by atoms with Crippen molar-refractivity contribution in [2.45, 2.75) is 84.5 Å². The molecular weight excluding hydrogens is 259 g/mol. The lowest BCUT2D eigenvalue weighted by Crippen LogP contribution is -2.20. The van der Waals surface area contributed by atoms with Gasteiger partial charge in [-0.25, -0.2) is 4.39 Å². The fourth-order valence-electron chi connectivity index (χ4n) is 4.51. The van der Waals surface area contributed by atoms with Crippen molar-refractivity contribution in [3.8, 4) is 0 Å². The summed E-state index contributed by atoms with van der Waals surface area (Å²) in [5.74, 6) is 2.43. The highest BCUT2D eigenvalue weighted by atomic mass is 19.1. The molecule has 0 amide bonds. The Morgan fingerprint density at radius 2 is 1.57 bits per heavy atom. The Labute approximate surface area is 130 Å². The van der Waals surface area contributed by atoms with Crippen LogP contribution in [0, 0.1) is 17.8 Å². The summed E-state index contributed by atoms with van der Waals surface area (Å²) in [5.41, 5.74) is 1.71. The first-order valence-electron chi connectivity index (χ1n) is 9.20. The van der Waals surface area contributed by atoms with Gasteiger partial charge in [-0.1, -0.05) is 50.3 Å². The topological polar surface area (TPSA) is 0 Å². The Hall–Kier alpha value is -0.590. The molecule has 0 heterocycles. The van der Waals surface area contributed by atoms with Gasteiger partial charge in [0.2, 0.25) is 0 Å². The predicted octanol–water partition coefficient (Wildman–Crippen LogP) is 6.97. The molecule has 2 saturated carbocycles. The number of rotatable bonds is 3. The van der Waals surface area contributed by atoms with Gasteiger partial charge >= 0.3 is 0 Å². The van der Waals surface area contributed by atoms with Gasteiger partial charge in [0.25, 0.3) is 0 Å². The average molecular weight is 292 g/mol. The van der Waals surface area contributed by atoms with Crippen molar-refractivity contribution in [1.82, 2.24) is 0 Å². The zero-order valence-electron chi connectivity index (χ0n) is 14.0. The summed E-state index contributed by atoms with van der Waals surface area (Å²) in [7, 11) is 0. The molecule has 21 heavy (non-hydrogen) atoms. The number of halogens is 1. The van der Waals surface area contributed by atoms with Crippen LogP contribution in [0.25, 0.3) is 0 Å². The smallest absolute Gasteiger partial charge is 0.0931 e. The molecule has 0 saturated heterocycles. The van der Waals surface area contributed by atoms with Gasteiger partial charge in [-0.2, -0.15) is 0 Å². The van der Waals surface area contributed by atoms with E-state index in [1.54, 1.807) is 12.5 Å². The summed E-state index contributed by atoms with van der Waals surface area (Å²) < 4.78 is 13.0. The standard InChI is InChI=1S/C20H33F/c1-3-6-17-11-13-20(14-12-17)19-9-4-7-18(8-5-10-19)15-16(2)21/h6,15,18-20H,3-5,7-14H2,1-2H3/b16-15-,17-6?. The third kappa shape index (κ3) is 5.60. The maximum absolute atomic E-state index is 13.0. The van der Waals surface area contributed by atoms with E-state index in [2.05, 4.69) is 13.0 Å². The number of allylic oxidation sites excluding steroid dienone is 4. The van der Waals surface area contributed by atoms with Crippen molar-refractivity contribution in [3.63, 3.8) is 0 Å². The average Bonchev–Trinajstić information content (AvgIpc) is 2.43. The molecule has 2 fully saturated rings. The van der Waals surface area contributed by atoms with Gasteiger partial charge in [-0.15, -0.1) is 0 Å². The molecule has 0 aromatic carbocycles. The lowest BCUT2D eigenvalue weighted by atomic mass is 9.72. The van der Waals surface area contributed by atoms with Crippen LogP contribution in [-0.4, -0.2) is 0 Å². The summed E-state index contributed by atoms with van der Waals surface area (Å²) in [6, 6.07) is 0. The van der Waals surface area contributed by atoms with Crippen molar-refractivity contribution in [3.05, 3.63) is 23.6 Å². The molecule has 0 aliphatic heterocycles. The van der Waals surface area contributed by atoms with Gasteiger partial charge in [0.05, 0.1) is 5.83 Å². The Bertz CT molecular complexity index is 342. The number of hydrogen-bond donors (Lipinski definition) is 0. The summed E-state index contributed by atoms with van der Waals surface area (Å²) in [6.45, 7) is 3.84. The van der Waals surface area contributed by atoms with Crippen molar-refractivity contribution in [2.75, 3.05) is 0 Å². The molecule has 0 atom stereocenters. The van der Waals surface area contributed by atoms with Crippen molar-refractivity contribution in [2.24, 2.45) is 17.8 Å². The Morgan fingerprint density at radius 3 is 2.10 bits per heavy atom. The third-order valence-corrected chi connectivity index (χ3v) is 5.60. The zero-order chi connectivity index (χ0) is 15.1. The quantitative estimate of drug-likeness (QED) is 0.492. The van der Waals surface area contributed by atoms with Crippen LogP contribution in [0.1, 0.15) is 84.5 Å². The molecule has 0 radical (unpaired) electrons. The first kappa shape index (κ1) is 16.8. The van der Waals surface area contributed by atoms with Gasteiger partial charge < -0.3 is 0 Å². The highest BCUT2D eigenvalue weighted by molar-refractivity contribution is 5.05. The van der Waals surface area contributed by atoms with E-state index in [1.165, 1.54) is 70.6 Å². The minimum absolute atomic E-state index is 0.0136. The molecule has 1 heteroatoms. The van der Waals surface area contributed by atoms with Gasteiger partial charge in [-0.05, 0) is 69.6 Å². The van der Waals surface area contributed by atoms with Gasteiger partial charge in [0.15, 0.2) is 0 Å². The van der Waals surface area contributed by atoms with E-state index < -0.39 is 0 Å². The summed E-state index contributed by atoms with van der Waals surface area (Å²) in [6.07, 6.45) is 18.8. The Morgan fingerprint density at radius 1 is 1.00 bits per heavy atom. The summed E-state index contributed by atoms with van der Waals surface area (Å²) >= 11 is 0. The normalized spacial score (nSPS) is 32.4. The molecule has 0 N–H and O–H groups in total. The Kier molecular flexibility index (Phi) is 6.99. The van der Waals surface area contributed by atoms with Crippen LogP contribution in [0.5, 0.6) is 0 Å². The first-order valence-corrected chi connectivity index (χ1v) is 9.20. The van der Waals surface area contributed by atoms with E-state index in [0.29, 0.717) is 5.92 Å². The van der Waals surface area contributed by atoms with Crippen molar-refractivity contribution < 1.29 is 4.39 Å². The van der Waals surface area contributed by atoms with Crippen LogP contribution >= 0.6 is 0 Å². The van der Waals surface area contributed by atoms with E-state index in [-0.39, 0.29) is 5.83 Å². The fourth-order valence-corrected chi connectivity index (χ4v) is 4.51. The largest absolute Gasteiger partial charge is 0.212 e. The minimum Gasteiger partial charge on any atom is -0.212 e. The second kappa shape index (κ2) is 8.76. The maximum Gasteiger partial charge on any atom is 0.0931 e. The molecule has 0 unspecified atom stereocenters. The van der Waals surface area contributed by atoms with Crippen LogP contribution in [0.2, 0.25) is 0 Å². The van der Waals surface area contributed by atoms with Crippen LogP contribution in [0.4, 0.5) is 4.39 Å². The minimum atomic E-state index is 0.0136. The van der Waals surface area contributed by atoms with Crippen LogP contribution in [0.3, 0.4) is 0 Å². The lowest BCUT2D eigenvalue weighted by molar-refractivity contribution is 0.217. The van der Waals surface area contributed by atoms with Crippen molar-refractivity contribution in [1.29, 1.82) is 0 Å². The van der Waals surface area contributed by atoms with E-state index in [4.69, 9.17) is 0 Å². The molecule has 2 aliphatic carbocycles. The summed E-state index contributed by atoms with van der Waals surface area (Å²) in [5, 5.41) is 0. The molecule has 2 rings (SSSR count). The number of hydrogen-bond acceptors (Lipinski definition) is 0. The van der Waals surface area contributed by atoms with E-state index in [1.807, 2.05) is 6.08 Å². The van der Waals surface area contributed by atoms with Gasteiger partial charge in [0, 0.05) is 0 Å². The fraction of sp³-hybridized carbons (Fsp3) is 0.800. The van der Waals surface area contributed by atoms with E-state index in [9.17, 15) is 4.39 Å². The molecule has 2 aliphatic rings. The second-order valence-corrected chi connectivity index (χ2v) is 7.24.